The van der Waals surface area contributed by atoms with E-state index in [0.29, 0.717) is 11.3 Å². The molecule has 1 N–H and O–H groups in total. The molecule has 1 aromatic carbocycles. The van der Waals surface area contributed by atoms with Gasteiger partial charge in [-0.15, -0.1) is 0 Å². The van der Waals surface area contributed by atoms with Crippen LogP contribution in [0, 0.1) is 6.92 Å². The van der Waals surface area contributed by atoms with Crippen LogP contribution in [0.4, 0.5) is 11.5 Å². The number of nitrogens with one attached hydrogen (secondary N) is 1. The number of pyridine rings is 1. The number of hydrogen-bond donors (Lipinski definition) is 1. The van der Waals surface area contributed by atoms with Gasteiger partial charge in [-0.05, 0) is 37.6 Å². The molecule has 0 fully saturated rings. The van der Waals surface area contributed by atoms with E-state index in [1.807, 2.05) is 50.4 Å². The Morgan fingerprint density at radius 1 is 1.18 bits per heavy atom. The van der Waals surface area contributed by atoms with Crippen LogP contribution < -0.4 is 10.2 Å². The number of aromatic nitrogens is 1. The highest BCUT2D eigenvalue weighted by atomic mass is 16.1. The first kappa shape index (κ1) is 16.0. The number of nitrogens with zero attached hydrogens (tertiary/aromatic N) is 2. The van der Waals surface area contributed by atoms with Gasteiger partial charge in [0.2, 0.25) is 0 Å². The lowest BCUT2D eigenvalue weighted by atomic mass is 10.1. The molecular weight excluding hydrogens is 274 g/mol. The summed E-state index contributed by atoms with van der Waals surface area (Å²) in [5, 5.41) is 2.87. The highest BCUT2D eigenvalue weighted by molar-refractivity contribution is 6.04. The third-order valence-electron chi connectivity index (χ3n) is 3.56. The predicted molar refractivity (Wildman–Crippen MR) is 91.5 cm³/mol. The number of hydrogen-bond acceptors (Lipinski definition) is 3. The van der Waals surface area contributed by atoms with E-state index in [1.54, 1.807) is 6.20 Å². The fraction of sp³-hybridized carbons (Fsp3) is 0.333. The van der Waals surface area contributed by atoms with Crippen LogP contribution in [0.3, 0.4) is 0 Å². The average Bonchev–Trinajstić information content (AvgIpc) is 2.54. The van der Waals surface area contributed by atoms with E-state index in [4.69, 9.17) is 0 Å². The SMILES string of the molecule is CCCCN(C)c1ccc(NC(=O)c2ccc(C)cc2)cn1. The second-order valence-corrected chi connectivity index (χ2v) is 5.50. The molecule has 0 aliphatic carbocycles. The van der Waals surface area contributed by atoms with Crippen molar-refractivity contribution in [1.82, 2.24) is 4.98 Å². The van der Waals surface area contributed by atoms with Crippen LogP contribution in [0.2, 0.25) is 0 Å². The minimum Gasteiger partial charge on any atom is -0.360 e. The molecule has 0 aliphatic rings. The van der Waals surface area contributed by atoms with Crippen LogP contribution in [0.5, 0.6) is 0 Å². The third-order valence-corrected chi connectivity index (χ3v) is 3.56. The van der Waals surface area contributed by atoms with Crippen molar-refractivity contribution in [3.8, 4) is 0 Å². The van der Waals surface area contributed by atoms with E-state index in [0.717, 1.165) is 30.8 Å². The smallest absolute Gasteiger partial charge is 0.255 e. The van der Waals surface area contributed by atoms with Crippen LogP contribution in [-0.4, -0.2) is 24.5 Å². The molecule has 0 aliphatic heterocycles. The van der Waals surface area contributed by atoms with Crippen molar-refractivity contribution in [3.05, 3.63) is 53.7 Å². The van der Waals surface area contributed by atoms with Crippen molar-refractivity contribution in [3.63, 3.8) is 0 Å². The standard InChI is InChI=1S/C18H23N3O/c1-4-5-12-21(3)17-11-10-16(13-19-17)20-18(22)15-8-6-14(2)7-9-15/h6-11,13H,4-5,12H2,1-3H3,(H,20,22). The van der Waals surface area contributed by atoms with E-state index >= 15 is 0 Å². The van der Waals surface area contributed by atoms with Crippen LogP contribution in [0.15, 0.2) is 42.6 Å². The normalized spacial score (nSPS) is 10.3. The van der Waals surface area contributed by atoms with E-state index in [-0.39, 0.29) is 5.91 Å². The van der Waals surface area contributed by atoms with Gasteiger partial charge in [0.05, 0.1) is 11.9 Å². The number of amides is 1. The van der Waals surface area contributed by atoms with Crippen LogP contribution in [-0.2, 0) is 0 Å². The summed E-state index contributed by atoms with van der Waals surface area (Å²) < 4.78 is 0. The summed E-state index contributed by atoms with van der Waals surface area (Å²) in [6, 6.07) is 11.3. The van der Waals surface area contributed by atoms with Crippen molar-refractivity contribution < 1.29 is 4.79 Å². The first-order valence-corrected chi connectivity index (χ1v) is 7.65. The number of rotatable bonds is 6. The first-order valence-electron chi connectivity index (χ1n) is 7.65. The minimum atomic E-state index is -0.117. The van der Waals surface area contributed by atoms with Crippen molar-refractivity contribution >= 4 is 17.4 Å². The lowest BCUT2D eigenvalue weighted by molar-refractivity contribution is 0.102. The lowest BCUT2D eigenvalue weighted by Gasteiger charge is -2.17. The number of unbranched alkanes of at least 4 members (excludes halogenated alkanes) is 1. The Hall–Kier alpha value is -2.36. The molecule has 0 atom stereocenters. The summed E-state index contributed by atoms with van der Waals surface area (Å²) in [4.78, 5) is 18.7. The monoisotopic (exact) mass is 297 g/mol. The molecule has 1 heterocycles. The Bertz CT molecular complexity index is 605. The molecular formula is C18H23N3O. The molecule has 4 heteroatoms. The van der Waals surface area contributed by atoms with E-state index in [9.17, 15) is 4.79 Å². The number of aryl methyl sites for hydroxylation is 1. The van der Waals surface area contributed by atoms with Crippen molar-refractivity contribution in [2.45, 2.75) is 26.7 Å². The third kappa shape index (κ3) is 4.32. The van der Waals surface area contributed by atoms with Gasteiger partial charge in [0.15, 0.2) is 0 Å². The van der Waals surface area contributed by atoms with Gasteiger partial charge >= 0.3 is 0 Å². The molecule has 116 valence electrons. The Kier molecular flexibility index (Phi) is 5.53. The molecule has 0 saturated heterocycles. The lowest BCUT2D eigenvalue weighted by Crippen LogP contribution is -2.19. The molecule has 0 unspecified atom stereocenters. The van der Waals surface area contributed by atoms with Gasteiger partial charge in [-0.2, -0.15) is 0 Å². The zero-order chi connectivity index (χ0) is 15.9. The molecule has 2 aromatic rings. The second-order valence-electron chi connectivity index (χ2n) is 5.50. The summed E-state index contributed by atoms with van der Waals surface area (Å²) in [5.41, 5.74) is 2.49. The average molecular weight is 297 g/mol. The summed E-state index contributed by atoms with van der Waals surface area (Å²) in [7, 11) is 2.03. The van der Waals surface area contributed by atoms with E-state index in [1.165, 1.54) is 0 Å². The number of benzene rings is 1. The number of carbonyl (C=O) groups is 1. The Morgan fingerprint density at radius 3 is 2.50 bits per heavy atom. The van der Waals surface area contributed by atoms with Gasteiger partial charge in [-0.25, -0.2) is 4.98 Å². The predicted octanol–water partition coefficient (Wildman–Crippen LogP) is 3.88. The molecule has 4 nitrogen and oxygen atoms in total. The van der Waals surface area contributed by atoms with Crippen LogP contribution in [0.25, 0.3) is 0 Å². The molecule has 0 bridgehead atoms. The highest BCUT2D eigenvalue weighted by Crippen LogP contribution is 2.14. The maximum atomic E-state index is 12.1. The zero-order valence-electron chi connectivity index (χ0n) is 13.5. The van der Waals surface area contributed by atoms with Gasteiger partial charge in [0.1, 0.15) is 5.82 Å². The summed E-state index contributed by atoms with van der Waals surface area (Å²) in [6.07, 6.45) is 4.00. The Labute approximate surface area is 132 Å². The Balaban J connectivity index is 1.98. The van der Waals surface area contributed by atoms with Gasteiger partial charge < -0.3 is 10.2 Å². The molecule has 1 aromatic heterocycles. The fourth-order valence-corrected chi connectivity index (χ4v) is 2.10. The van der Waals surface area contributed by atoms with Crippen molar-refractivity contribution in [2.24, 2.45) is 0 Å². The molecule has 1 amide bonds. The summed E-state index contributed by atoms with van der Waals surface area (Å²) >= 11 is 0. The van der Waals surface area contributed by atoms with Crippen molar-refractivity contribution in [1.29, 1.82) is 0 Å². The van der Waals surface area contributed by atoms with Crippen molar-refractivity contribution in [2.75, 3.05) is 23.8 Å². The van der Waals surface area contributed by atoms with Gasteiger partial charge in [-0.3, -0.25) is 4.79 Å². The minimum absolute atomic E-state index is 0.117. The van der Waals surface area contributed by atoms with Crippen LogP contribution >= 0.6 is 0 Å². The fourth-order valence-electron chi connectivity index (χ4n) is 2.10. The highest BCUT2D eigenvalue weighted by Gasteiger charge is 2.07. The zero-order valence-corrected chi connectivity index (χ0v) is 13.5. The van der Waals surface area contributed by atoms with Gasteiger partial charge in [0, 0.05) is 19.2 Å². The number of carbonyl (C=O) groups excluding carboxylic acids is 1. The van der Waals surface area contributed by atoms with E-state index in [2.05, 4.69) is 22.1 Å². The number of anilines is 2. The first-order chi connectivity index (χ1) is 10.6. The maximum Gasteiger partial charge on any atom is 0.255 e. The summed E-state index contributed by atoms with van der Waals surface area (Å²) in [6.45, 7) is 5.16. The van der Waals surface area contributed by atoms with E-state index < -0.39 is 0 Å². The second kappa shape index (κ2) is 7.59. The molecule has 0 spiro atoms. The quantitative estimate of drug-likeness (QED) is 0.880. The molecule has 22 heavy (non-hydrogen) atoms. The Morgan fingerprint density at radius 2 is 1.91 bits per heavy atom. The van der Waals surface area contributed by atoms with Gasteiger partial charge in [-0.1, -0.05) is 31.0 Å². The maximum absolute atomic E-state index is 12.1. The molecule has 0 radical (unpaired) electrons. The largest absolute Gasteiger partial charge is 0.360 e. The topological polar surface area (TPSA) is 45.2 Å². The van der Waals surface area contributed by atoms with Gasteiger partial charge in [0.25, 0.3) is 5.91 Å². The molecule has 2 rings (SSSR count). The summed E-state index contributed by atoms with van der Waals surface area (Å²) in [5.74, 6) is 0.802. The molecule has 0 saturated carbocycles. The van der Waals surface area contributed by atoms with Crippen LogP contribution in [0.1, 0.15) is 35.7 Å².